The fraction of sp³-hybridized carbons (Fsp3) is 0.950. The van der Waals surface area contributed by atoms with Gasteiger partial charge in [0.05, 0.1) is 26.4 Å². The van der Waals surface area contributed by atoms with Gasteiger partial charge in [-0.3, -0.25) is 37.3 Å². The monoisotopic (exact) mass is 1450 g/mol. The summed E-state index contributed by atoms with van der Waals surface area (Å²) in [4.78, 5) is 73.0. The smallest absolute Gasteiger partial charge is 0.462 e. The Morgan fingerprint density at radius 2 is 0.515 bits per heavy atom. The summed E-state index contributed by atoms with van der Waals surface area (Å²) in [6.45, 7) is 9.62. The number of phosphoric ester groups is 2. The zero-order chi connectivity index (χ0) is 72.8. The number of esters is 4. The Labute approximate surface area is 607 Å². The normalized spacial score (nSPS) is 14.2. The summed E-state index contributed by atoms with van der Waals surface area (Å²) in [6, 6.07) is 0. The molecular formula is C80H156O17P2. The van der Waals surface area contributed by atoms with Crippen molar-refractivity contribution in [3.05, 3.63) is 0 Å². The Balaban J connectivity index is 5.26. The van der Waals surface area contributed by atoms with E-state index >= 15 is 0 Å². The number of unbranched alkanes of at least 4 members (excludes halogenated alkanes) is 48. The highest BCUT2D eigenvalue weighted by Gasteiger charge is 2.30. The van der Waals surface area contributed by atoms with Gasteiger partial charge in [-0.1, -0.05) is 369 Å². The molecule has 6 atom stereocenters. The maximum absolute atomic E-state index is 13.1. The Bertz CT molecular complexity index is 1910. The molecule has 0 saturated heterocycles. The van der Waals surface area contributed by atoms with Gasteiger partial charge >= 0.3 is 39.5 Å². The Morgan fingerprint density at radius 1 is 0.293 bits per heavy atom. The third-order valence-electron chi connectivity index (χ3n) is 19.1. The molecule has 0 aliphatic rings. The van der Waals surface area contributed by atoms with Crippen molar-refractivity contribution >= 4 is 39.5 Å². The lowest BCUT2D eigenvalue weighted by Crippen LogP contribution is -2.30. The number of phosphoric acid groups is 2. The van der Waals surface area contributed by atoms with E-state index in [4.69, 9.17) is 37.0 Å². The van der Waals surface area contributed by atoms with Crippen LogP contribution in [0.3, 0.4) is 0 Å². The van der Waals surface area contributed by atoms with Crippen molar-refractivity contribution in [1.29, 1.82) is 0 Å². The van der Waals surface area contributed by atoms with Gasteiger partial charge in [0.2, 0.25) is 0 Å². The number of ether oxygens (including phenoxy) is 4. The first-order valence-corrected chi connectivity index (χ1v) is 44.5. The minimum atomic E-state index is -4.96. The van der Waals surface area contributed by atoms with Crippen LogP contribution in [0.2, 0.25) is 0 Å². The van der Waals surface area contributed by atoms with Crippen LogP contribution in [-0.4, -0.2) is 96.7 Å². The fourth-order valence-electron chi connectivity index (χ4n) is 12.3. The first-order valence-electron chi connectivity index (χ1n) is 41.5. The number of aliphatic hydroxyl groups is 1. The summed E-state index contributed by atoms with van der Waals surface area (Å²) in [5, 5.41) is 10.6. The largest absolute Gasteiger partial charge is 0.472 e. The van der Waals surface area contributed by atoms with Gasteiger partial charge in [-0.25, -0.2) is 9.13 Å². The average Bonchev–Trinajstić information content (AvgIpc) is 1.04. The van der Waals surface area contributed by atoms with Crippen LogP contribution in [0.4, 0.5) is 0 Å². The molecule has 19 heteroatoms. The van der Waals surface area contributed by atoms with Crippen molar-refractivity contribution in [1.82, 2.24) is 0 Å². The molecule has 0 amide bonds. The van der Waals surface area contributed by atoms with Crippen molar-refractivity contribution in [3.63, 3.8) is 0 Å². The summed E-state index contributed by atoms with van der Waals surface area (Å²) >= 11 is 0. The van der Waals surface area contributed by atoms with Gasteiger partial charge in [-0.15, -0.1) is 0 Å². The third-order valence-corrected chi connectivity index (χ3v) is 21.0. The quantitative estimate of drug-likeness (QED) is 0.0222. The molecule has 0 aliphatic carbocycles. The molecule has 3 N–H and O–H groups in total. The highest BCUT2D eigenvalue weighted by molar-refractivity contribution is 7.47. The molecule has 0 heterocycles. The predicted octanol–water partition coefficient (Wildman–Crippen LogP) is 23.9. The maximum Gasteiger partial charge on any atom is 0.472 e. The van der Waals surface area contributed by atoms with E-state index in [0.717, 1.165) is 102 Å². The molecule has 0 aromatic carbocycles. The zero-order valence-corrected chi connectivity index (χ0v) is 66.6. The third kappa shape index (κ3) is 72.8. The molecule has 0 aromatic rings. The average molecular weight is 1450 g/mol. The Kier molecular flexibility index (Phi) is 70.3. The van der Waals surface area contributed by atoms with Crippen LogP contribution in [-0.2, 0) is 65.4 Å². The van der Waals surface area contributed by atoms with Crippen LogP contribution in [0.25, 0.3) is 0 Å². The first-order chi connectivity index (χ1) is 47.9. The topological polar surface area (TPSA) is 237 Å². The molecule has 0 bridgehead atoms. The molecule has 0 aromatic heterocycles. The van der Waals surface area contributed by atoms with E-state index < -0.39 is 97.5 Å². The summed E-state index contributed by atoms with van der Waals surface area (Å²) in [7, 11) is -9.92. The van der Waals surface area contributed by atoms with Crippen molar-refractivity contribution in [2.45, 2.75) is 439 Å². The number of rotatable bonds is 79. The maximum atomic E-state index is 13.1. The van der Waals surface area contributed by atoms with Gasteiger partial charge < -0.3 is 33.8 Å². The van der Waals surface area contributed by atoms with E-state index in [1.54, 1.807) is 0 Å². The van der Waals surface area contributed by atoms with Crippen LogP contribution >= 0.6 is 15.6 Å². The van der Waals surface area contributed by atoms with E-state index in [2.05, 4.69) is 41.5 Å². The Hall–Kier alpha value is -1.94. The Morgan fingerprint density at radius 3 is 0.768 bits per heavy atom. The molecule has 17 nitrogen and oxygen atoms in total. The molecule has 0 radical (unpaired) electrons. The molecule has 0 saturated carbocycles. The van der Waals surface area contributed by atoms with Crippen molar-refractivity contribution < 1.29 is 80.2 Å². The van der Waals surface area contributed by atoms with Crippen LogP contribution in [0.15, 0.2) is 0 Å². The van der Waals surface area contributed by atoms with Crippen molar-refractivity contribution in [2.24, 2.45) is 11.8 Å². The predicted molar refractivity (Wildman–Crippen MR) is 405 cm³/mol. The highest BCUT2D eigenvalue weighted by atomic mass is 31.2. The van der Waals surface area contributed by atoms with E-state index in [0.29, 0.717) is 25.7 Å². The van der Waals surface area contributed by atoms with Gasteiger partial charge in [0.1, 0.15) is 19.3 Å². The van der Waals surface area contributed by atoms with Crippen molar-refractivity contribution in [3.8, 4) is 0 Å². The van der Waals surface area contributed by atoms with Crippen LogP contribution in [0.1, 0.15) is 420 Å². The lowest BCUT2D eigenvalue weighted by molar-refractivity contribution is -0.161. The molecule has 588 valence electrons. The number of carbonyl (C=O) groups excluding carboxylic acids is 4. The molecule has 0 rings (SSSR count). The van der Waals surface area contributed by atoms with Gasteiger partial charge in [0.25, 0.3) is 0 Å². The fourth-order valence-corrected chi connectivity index (χ4v) is 13.9. The molecule has 99 heavy (non-hydrogen) atoms. The van der Waals surface area contributed by atoms with Crippen LogP contribution in [0, 0.1) is 11.8 Å². The first kappa shape index (κ1) is 97.1. The number of carbonyl (C=O) groups is 4. The lowest BCUT2D eigenvalue weighted by Gasteiger charge is -2.21. The van der Waals surface area contributed by atoms with Gasteiger partial charge in [0, 0.05) is 25.7 Å². The van der Waals surface area contributed by atoms with Crippen LogP contribution < -0.4 is 0 Å². The van der Waals surface area contributed by atoms with E-state index in [-0.39, 0.29) is 25.7 Å². The van der Waals surface area contributed by atoms with Gasteiger partial charge in [-0.05, 0) is 37.5 Å². The minimum absolute atomic E-state index is 0.106. The van der Waals surface area contributed by atoms with E-state index in [9.17, 15) is 43.2 Å². The zero-order valence-electron chi connectivity index (χ0n) is 64.8. The second-order valence-corrected chi connectivity index (χ2v) is 32.4. The summed E-state index contributed by atoms with van der Waals surface area (Å²) in [5.41, 5.74) is 0. The number of hydrogen-bond donors (Lipinski definition) is 3. The van der Waals surface area contributed by atoms with Gasteiger partial charge in [0.15, 0.2) is 12.2 Å². The van der Waals surface area contributed by atoms with Crippen LogP contribution in [0.5, 0.6) is 0 Å². The molecule has 0 fully saturated rings. The standard InChI is InChI=1S/C80H156O17P2/c1-7-10-12-14-16-18-20-22-24-26-27-29-31-33-38-46-52-58-64-79(84)96-75(68-90-77(82)62-56-50-44-37-32-30-28-25-23-21-19-17-15-13-11-8-2)70-94-98(86,87)92-66-74(81)67-93-99(88,89)95-71-76(69-91-78(83)63-57-51-45-41-40-42-48-54-60-72(4)5)97-80(85)65-59-53-47-39-35-34-36-43-49-55-61-73(6)9-3/h72-76,81H,7-71H2,1-6H3,(H,86,87)(H,88,89)/t73?,74-,75-,76-/m1/s1. The second-order valence-electron chi connectivity index (χ2n) is 29.5. The highest BCUT2D eigenvalue weighted by Crippen LogP contribution is 2.45. The summed E-state index contributed by atoms with van der Waals surface area (Å²) in [6.07, 6.45) is 61.0. The van der Waals surface area contributed by atoms with E-state index in [1.165, 1.54) is 238 Å². The molecule has 0 aliphatic heterocycles. The summed E-state index contributed by atoms with van der Waals surface area (Å²) in [5.74, 6) is -0.580. The van der Waals surface area contributed by atoms with Crippen molar-refractivity contribution in [2.75, 3.05) is 39.6 Å². The molecule has 0 spiro atoms. The lowest BCUT2D eigenvalue weighted by atomic mass is 9.99. The van der Waals surface area contributed by atoms with Gasteiger partial charge in [-0.2, -0.15) is 0 Å². The number of aliphatic hydroxyl groups excluding tert-OH is 1. The minimum Gasteiger partial charge on any atom is -0.462 e. The SMILES string of the molecule is CCCCCCCCCCCCCCCCCCCCC(=O)O[C@H](COC(=O)CCCCCCCCCCCCCCCCCC)COP(=O)(O)OC[C@@H](O)COP(=O)(O)OC[C@@H](COC(=O)CCCCCCCCCCC(C)C)OC(=O)CCCCCCCCCCCCC(C)CC. The molecular weight excluding hydrogens is 1290 g/mol. The summed E-state index contributed by atoms with van der Waals surface area (Å²) < 4.78 is 68.7. The van der Waals surface area contributed by atoms with E-state index in [1.807, 2.05) is 0 Å². The number of hydrogen-bond acceptors (Lipinski definition) is 15. The second kappa shape index (κ2) is 71.7. The molecule has 3 unspecified atom stereocenters.